The number of rotatable bonds is 9. The van der Waals surface area contributed by atoms with Crippen LogP contribution in [0.2, 0.25) is 0 Å². The van der Waals surface area contributed by atoms with Crippen LogP contribution in [-0.2, 0) is 20.4 Å². The van der Waals surface area contributed by atoms with Crippen LogP contribution in [0, 0.1) is 0 Å². The summed E-state index contributed by atoms with van der Waals surface area (Å²) in [5.74, 6) is -0.467. The summed E-state index contributed by atoms with van der Waals surface area (Å²) in [5.41, 5.74) is 1.32. The van der Waals surface area contributed by atoms with Crippen LogP contribution in [0.3, 0.4) is 0 Å². The van der Waals surface area contributed by atoms with Crippen LogP contribution >= 0.6 is 0 Å². The maximum Gasteiger partial charge on any atom is 0.339 e. The third-order valence-electron chi connectivity index (χ3n) is 4.53. The van der Waals surface area contributed by atoms with Gasteiger partial charge in [-0.15, -0.1) is 0 Å². The number of esters is 1. The summed E-state index contributed by atoms with van der Waals surface area (Å²) in [6.07, 6.45) is 1.41. The second-order valence-corrected chi connectivity index (χ2v) is 9.61. The molecule has 9 heteroatoms. The number of benzene rings is 1. The lowest BCUT2D eigenvalue weighted by atomic mass is 9.96. The monoisotopic (exact) mass is 433 g/mol. The first-order chi connectivity index (χ1) is 14.0. The minimum atomic E-state index is -3.47. The van der Waals surface area contributed by atoms with Gasteiger partial charge in [0.25, 0.3) is 0 Å². The number of nitrogens with zero attached hydrogens (tertiary/aromatic N) is 1. The Labute approximate surface area is 177 Å². The Morgan fingerprint density at radius 3 is 2.37 bits per heavy atom. The number of hydrogen-bond donors (Lipinski definition) is 3. The number of aliphatic hydroxyl groups is 1. The zero-order chi connectivity index (χ0) is 22.5. The second-order valence-electron chi connectivity index (χ2n) is 7.29. The van der Waals surface area contributed by atoms with E-state index >= 15 is 0 Å². The maximum absolute atomic E-state index is 11.9. The SMILES string of the molecule is C=C(Nc1ccc(C(C)(O)CNS(=O)(=O)C(C)C)cc1)c1ccc(C(=O)OC)cn1. The lowest BCUT2D eigenvalue weighted by molar-refractivity contribution is 0.0599. The Balaban J connectivity index is 2.04. The molecule has 0 radical (unpaired) electrons. The largest absolute Gasteiger partial charge is 0.465 e. The molecule has 30 heavy (non-hydrogen) atoms. The number of nitrogens with one attached hydrogen (secondary N) is 2. The van der Waals surface area contributed by atoms with Gasteiger partial charge in [0.1, 0.15) is 5.60 Å². The third kappa shape index (κ3) is 5.88. The zero-order valence-electron chi connectivity index (χ0n) is 17.5. The Hall–Kier alpha value is -2.75. The van der Waals surface area contributed by atoms with Crippen molar-refractivity contribution in [1.82, 2.24) is 9.71 Å². The van der Waals surface area contributed by atoms with E-state index in [1.165, 1.54) is 13.3 Å². The van der Waals surface area contributed by atoms with Gasteiger partial charge in [0.2, 0.25) is 10.0 Å². The highest BCUT2D eigenvalue weighted by atomic mass is 32.2. The fourth-order valence-corrected chi connectivity index (χ4v) is 3.29. The van der Waals surface area contributed by atoms with Crippen molar-refractivity contribution in [3.8, 4) is 0 Å². The summed E-state index contributed by atoms with van der Waals surface area (Å²) in [7, 11) is -2.17. The average molecular weight is 434 g/mol. The smallest absolute Gasteiger partial charge is 0.339 e. The highest BCUT2D eigenvalue weighted by Gasteiger charge is 2.26. The molecule has 0 amide bonds. The summed E-state index contributed by atoms with van der Waals surface area (Å²) in [6, 6.07) is 10.1. The van der Waals surface area contributed by atoms with Gasteiger partial charge in [-0.3, -0.25) is 4.98 Å². The van der Waals surface area contributed by atoms with Crippen LogP contribution in [0.5, 0.6) is 0 Å². The first kappa shape index (κ1) is 23.5. The topological polar surface area (TPSA) is 118 Å². The molecule has 1 aromatic heterocycles. The number of hydrogen-bond acceptors (Lipinski definition) is 7. The van der Waals surface area contributed by atoms with Crippen molar-refractivity contribution in [2.45, 2.75) is 31.6 Å². The molecule has 0 aliphatic carbocycles. The zero-order valence-corrected chi connectivity index (χ0v) is 18.3. The van der Waals surface area contributed by atoms with Crippen molar-refractivity contribution in [2.75, 3.05) is 19.0 Å². The summed E-state index contributed by atoms with van der Waals surface area (Å²) < 4.78 is 30.9. The van der Waals surface area contributed by atoms with Crippen LogP contribution < -0.4 is 10.0 Å². The van der Waals surface area contributed by atoms with E-state index in [4.69, 9.17) is 0 Å². The molecule has 1 heterocycles. The lowest BCUT2D eigenvalue weighted by Crippen LogP contribution is -2.41. The van der Waals surface area contributed by atoms with E-state index in [1.807, 2.05) is 0 Å². The van der Waals surface area contributed by atoms with E-state index in [0.717, 1.165) is 0 Å². The molecular weight excluding hydrogens is 406 g/mol. The first-order valence-electron chi connectivity index (χ1n) is 9.28. The molecule has 1 aromatic carbocycles. The Bertz CT molecular complexity index is 998. The number of ether oxygens (including phenoxy) is 1. The Kier molecular flexibility index (Phi) is 7.35. The van der Waals surface area contributed by atoms with E-state index in [1.54, 1.807) is 57.2 Å². The van der Waals surface area contributed by atoms with Gasteiger partial charge < -0.3 is 15.2 Å². The van der Waals surface area contributed by atoms with E-state index < -0.39 is 26.8 Å². The van der Waals surface area contributed by atoms with E-state index in [2.05, 4.69) is 26.3 Å². The highest BCUT2D eigenvalue weighted by molar-refractivity contribution is 7.90. The minimum absolute atomic E-state index is 0.135. The van der Waals surface area contributed by atoms with Gasteiger partial charge in [0.15, 0.2) is 0 Å². The molecule has 2 aromatic rings. The van der Waals surface area contributed by atoms with E-state index in [-0.39, 0.29) is 6.54 Å². The molecule has 8 nitrogen and oxygen atoms in total. The van der Waals surface area contributed by atoms with Gasteiger partial charge in [0.05, 0.1) is 29.3 Å². The van der Waals surface area contributed by atoms with Gasteiger partial charge in [-0.2, -0.15) is 0 Å². The van der Waals surface area contributed by atoms with Crippen molar-refractivity contribution in [2.24, 2.45) is 0 Å². The summed E-state index contributed by atoms with van der Waals surface area (Å²) >= 11 is 0. The van der Waals surface area contributed by atoms with Crippen LogP contribution in [-0.4, -0.2) is 43.4 Å². The number of sulfonamides is 1. The van der Waals surface area contributed by atoms with Crippen LogP contribution in [0.4, 0.5) is 5.69 Å². The molecule has 0 fully saturated rings. The molecule has 0 spiro atoms. The molecule has 2 rings (SSSR count). The summed E-state index contributed by atoms with van der Waals surface area (Å²) in [6.45, 7) is 8.50. The number of carbonyl (C=O) groups excluding carboxylic acids is 1. The Morgan fingerprint density at radius 1 is 1.23 bits per heavy atom. The maximum atomic E-state index is 11.9. The van der Waals surface area contributed by atoms with Crippen molar-refractivity contribution in [3.05, 3.63) is 66.0 Å². The fourth-order valence-electron chi connectivity index (χ4n) is 2.47. The average Bonchev–Trinajstić information content (AvgIpc) is 2.72. The predicted octanol–water partition coefficient (Wildman–Crippen LogP) is 2.49. The molecule has 0 bridgehead atoms. The van der Waals surface area contributed by atoms with Crippen molar-refractivity contribution in [1.29, 1.82) is 0 Å². The molecule has 1 atom stereocenters. The predicted molar refractivity (Wildman–Crippen MR) is 116 cm³/mol. The van der Waals surface area contributed by atoms with E-state index in [0.29, 0.717) is 28.2 Å². The molecule has 0 saturated carbocycles. The van der Waals surface area contributed by atoms with Crippen LogP contribution in [0.1, 0.15) is 42.4 Å². The molecule has 0 aliphatic heterocycles. The highest BCUT2D eigenvalue weighted by Crippen LogP contribution is 2.23. The van der Waals surface area contributed by atoms with Gasteiger partial charge in [-0.25, -0.2) is 17.9 Å². The standard InChI is InChI=1S/C21H27N3O5S/c1-14(2)30(27,28)23-13-21(4,26)17-7-9-18(10-8-17)24-15(3)19-11-6-16(12-22-19)20(25)29-5/h6-12,14,23-24,26H,3,13H2,1-2,4-5H3. The fraction of sp³-hybridized carbons (Fsp3) is 0.333. The molecule has 0 aliphatic rings. The number of anilines is 1. The van der Waals surface area contributed by atoms with Gasteiger partial charge in [-0.1, -0.05) is 18.7 Å². The molecule has 162 valence electrons. The van der Waals surface area contributed by atoms with Gasteiger partial charge in [-0.05, 0) is 50.6 Å². The first-order valence-corrected chi connectivity index (χ1v) is 10.8. The lowest BCUT2D eigenvalue weighted by Gasteiger charge is -2.25. The number of methoxy groups -OCH3 is 1. The summed E-state index contributed by atoms with van der Waals surface area (Å²) in [4.78, 5) is 15.7. The van der Waals surface area contributed by atoms with E-state index in [9.17, 15) is 18.3 Å². The molecule has 3 N–H and O–H groups in total. The quantitative estimate of drug-likeness (QED) is 0.520. The number of pyridine rings is 1. The van der Waals surface area contributed by atoms with Crippen molar-refractivity contribution in [3.63, 3.8) is 0 Å². The second kappa shape index (κ2) is 9.38. The van der Waals surface area contributed by atoms with Gasteiger partial charge >= 0.3 is 5.97 Å². The normalized spacial score (nSPS) is 13.5. The molecule has 0 saturated heterocycles. The Morgan fingerprint density at radius 2 is 1.87 bits per heavy atom. The van der Waals surface area contributed by atoms with Crippen molar-refractivity contribution >= 4 is 27.4 Å². The van der Waals surface area contributed by atoms with Crippen LogP contribution in [0.25, 0.3) is 5.70 Å². The van der Waals surface area contributed by atoms with Crippen molar-refractivity contribution < 1.29 is 23.1 Å². The molecule has 1 unspecified atom stereocenters. The van der Waals surface area contributed by atoms with Gasteiger partial charge in [0, 0.05) is 18.4 Å². The third-order valence-corrected chi connectivity index (χ3v) is 6.32. The minimum Gasteiger partial charge on any atom is -0.465 e. The molecular formula is C21H27N3O5S. The summed E-state index contributed by atoms with van der Waals surface area (Å²) in [5, 5.41) is 13.2. The number of aromatic nitrogens is 1. The number of carbonyl (C=O) groups is 1. The van der Waals surface area contributed by atoms with Crippen LogP contribution in [0.15, 0.2) is 49.2 Å².